The third kappa shape index (κ3) is 7.63. The molecule has 1 aliphatic rings. The van der Waals surface area contributed by atoms with Crippen molar-refractivity contribution in [3.8, 4) is 10.6 Å². The molecule has 0 saturated heterocycles. The molecule has 3 unspecified atom stereocenters. The maximum absolute atomic E-state index is 13.4. The number of carbonyl (C=O) groups excluding carboxylic acids is 1. The number of hydrogen-bond acceptors (Lipinski definition) is 9. The molecule has 0 radical (unpaired) electrons. The normalized spacial score (nSPS) is 18.5. The maximum Gasteiger partial charge on any atom is 0.290 e. The van der Waals surface area contributed by atoms with Crippen LogP contribution < -0.4 is 5.32 Å². The van der Waals surface area contributed by atoms with Crippen molar-refractivity contribution in [1.29, 1.82) is 0 Å². The molecule has 3 atom stereocenters. The Morgan fingerprint density at radius 1 is 1.07 bits per heavy atom. The van der Waals surface area contributed by atoms with Gasteiger partial charge < -0.3 is 29.4 Å². The number of benzene rings is 2. The number of fused-ring (bicyclic) bond motifs is 1. The van der Waals surface area contributed by atoms with Crippen molar-refractivity contribution >= 4 is 44.5 Å². The molecule has 0 spiro atoms. The van der Waals surface area contributed by atoms with E-state index in [1.54, 1.807) is 22.7 Å². The standard InChI is InChI=1S/C32H36N2O6S2/c1-3-39-32-25(10-13-37-15-16-38-14-12-35)26(23-11-17-41-20-23)19-28(40-32)30(36)33-24-7-5-22(6-8-24)31-34-27-9-4-21(2)18-29(27)42-31/h4-9,11,17-20,25-26,32,35H,3,10,12-16H2,1-2H3,(H,33,36). The number of rotatable bonds is 14. The molecule has 2 aromatic carbocycles. The molecule has 5 rings (SSSR count). The predicted octanol–water partition coefficient (Wildman–Crippen LogP) is 6.36. The minimum absolute atomic E-state index is 0.00471. The van der Waals surface area contributed by atoms with E-state index in [0.29, 0.717) is 45.1 Å². The minimum atomic E-state index is -0.593. The molecule has 0 fully saturated rings. The largest absolute Gasteiger partial charge is 0.459 e. The summed E-state index contributed by atoms with van der Waals surface area (Å²) in [6, 6.07) is 16.0. The second-order valence-electron chi connectivity index (χ2n) is 9.98. The van der Waals surface area contributed by atoms with Crippen LogP contribution in [0.2, 0.25) is 0 Å². The van der Waals surface area contributed by atoms with Gasteiger partial charge in [0, 0.05) is 36.3 Å². The van der Waals surface area contributed by atoms with Gasteiger partial charge in [0.2, 0.25) is 6.29 Å². The minimum Gasteiger partial charge on any atom is -0.459 e. The zero-order valence-corrected chi connectivity index (χ0v) is 25.4. The molecule has 3 heterocycles. The van der Waals surface area contributed by atoms with Crippen LogP contribution in [0.15, 0.2) is 71.1 Å². The van der Waals surface area contributed by atoms with Crippen LogP contribution in [0.3, 0.4) is 0 Å². The van der Waals surface area contributed by atoms with E-state index in [9.17, 15) is 4.79 Å². The molecule has 0 aliphatic carbocycles. The van der Waals surface area contributed by atoms with Gasteiger partial charge in [0.05, 0.1) is 36.6 Å². The zero-order valence-electron chi connectivity index (χ0n) is 23.8. The van der Waals surface area contributed by atoms with Crippen LogP contribution >= 0.6 is 22.7 Å². The summed E-state index contributed by atoms with van der Waals surface area (Å²) in [6.07, 6.45) is 1.99. The van der Waals surface area contributed by atoms with Crippen LogP contribution in [0.25, 0.3) is 20.8 Å². The van der Waals surface area contributed by atoms with Gasteiger partial charge >= 0.3 is 0 Å². The number of aryl methyl sites for hydroxylation is 1. The van der Waals surface area contributed by atoms with Gasteiger partial charge in [0.25, 0.3) is 5.91 Å². The van der Waals surface area contributed by atoms with Gasteiger partial charge in [-0.15, -0.1) is 11.3 Å². The number of aliphatic hydroxyl groups is 1. The van der Waals surface area contributed by atoms with Gasteiger partial charge in [-0.3, -0.25) is 4.79 Å². The third-order valence-electron chi connectivity index (χ3n) is 7.00. The van der Waals surface area contributed by atoms with Crippen LogP contribution in [0, 0.1) is 12.8 Å². The fourth-order valence-electron chi connectivity index (χ4n) is 4.93. The Bertz CT molecular complexity index is 1470. The van der Waals surface area contributed by atoms with Gasteiger partial charge in [0.1, 0.15) is 5.01 Å². The molecule has 0 saturated carbocycles. The number of carbonyl (C=O) groups is 1. The molecule has 222 valence electrons. The first-order valence-electron chi connectivity index (χ1n) is 14.1. The number of hydrogen-bond donors (Lipinski definition) is 2. The Labute approximate surface area is 253 Å². The molecule has 0 bridgehead atoms. The monoisotopic (exact) mass is 608 g/mol. The quantitative estimate of drug-likeness (QED) is 0.161. The summed E-state index contributed by atoms with van der Waals surface area (Å²) in [5, 5.41) is 16.9. The van der Waals surface area contributed by atoms with Crippen molar-refractivity contribution in [1.82, 2.24) is 4.98 Å². The number of allylic oxidation sites excluding steroid dienone is 1. The zero-order chi connectivity index (χ0) is 29.3. The molecule has 4 aromatic rings. The van der Waals surface area contributed by atoms with Gasteiger partial charge in [-0.05, 0) is 90.7 Å². The number of thiazole rings is 1. The highest BCUT2D eigenvalue weighted by atomic mass is 32.1. The van der Waals surface area contributed by atoms with Crippen molar-refractivity contribution < 1.29 is 28.8 Å². The number of nitrogens with zero attached hydrogens (tertiary/aromatic N) is 1. The molecule has 42 heavy (non-hydrogen) atoms. The van der Waals surface area contributed by atoms with E-state index in [1.165, 1.54) is 5.56 Å². The molecule has 1 aliphatic heterocycles. The average molecular weight is 609 g/mol. The van der Waals surface area contributed by atoms with Gasteiger partial charge in [-0.2, -0.15) is 11.3 Å². The van der Waals surface area contributed by atoms with Crippen LogP contribution in [-0.2, 0) is 23.7 Å². The number of anilines is 1. The van der Waals surface area contributed by atoms with Gasteiger partial charge in [-0.1, -0.05) is 6.07 Å². The highest BCUT2D eigenvalue weighted by Crippen LogP contribution is 2.40. The maximum atomic E-state index is 13.4. The summed E-state index contributed by atoms with van der Waals surface area (Å²) >= 11 is 3.28. The van der Waals surface area contributed by atoms with E-state index >= 15 is 0 Å². The lowest BCUT2D eigenvalue weighted by Crippen LogP contribution is -2.38. The van der Waals surface area contributed by atoms with Gasteiger partial charge in [0.15, 0.2) is 5.76 Å². The van der Waals surface area contributed by atoms with Crippen molar-refractivity contribution in [2.24, 2.45) is 5.92 Å². The topological polar surface area (TPSA) is 99.1 Å². The summed E-state index contributed by atoms with van der Waals surface area (Å²) in [6.45, 7) is 6.11. The summed E-state index contributed by atoms with van der Waals surface area (Å²) in [4.78, 5) is 18.2. The van der Waals surface area contributed by atoms with E-state index in [4.69, 9.17) is 29.0 Å². The summed E-state index contributed by atoms with van der Waals surface area (Å²) in [7, 11) is 0. The van der Waals surface area contributed by atoms with E-state index < -0.39 is 6.29 Å². The third-order valence-corrected chi connectivity index (χ3v) is 8.77. The fourth-order valence-corrected chi connectivity index (χ4v) is 6.71. The molecule has 10 heteroatoms. The predicted molar refractivity (Wildman–Crippen MR) is 167 cm³/mol. The summed E-state index contributed by atoms with van der Waals surface area (Å²) in [5.41, 5.74) is 4.98. The number of ether oxygens (including phenoxy) is 4. The second kappa shape index (κ2) is 14.9. The van der Waals surface area contributed by atoms with Crippen molar-refractivity contribution in [3.63, 3.8) is 0 Å². The Morgan fingerprint density at radius 2 is 1.88 bits per heavy atom. The summed E-state index contributed by atoms with van der Waals surface area (Å²) in [5.74, 6) is -0.184. The van der Waals surface area contributed by atoms with E-state index in [-0.39, 0.29) is 30.1 Å². The molecule has 2 N–H and O–H groups in total. The highest BCUT2D eigenvalue weighted by Gasteiger charge is 2.38. The van der Waals surface area contributed by atoms with Crippen LogP contribution in [0.5, 0.6) is 0 Å². The summed E-state index contributed by atoms with van der Waals surface area (Å²) < 4.78 is 24.4. The van der Waals surface area contributed by atoms with Crippen molar-refractivity contribution in [2.75, 3.05) is 45.0 Å². The molecular weight excluding hydrogens is 572 g/mol. The Hall–Kier alpha value is -3.12. The SMILES string of the molecule is CCOC1OC(C(=O)Nc2ccc(-c3nc4ccc(C)cc4s3)cc2)=CC(c2ccsc2)C1CCOCCOCCO. The number of nitrogens with one attached hydrogen (secondary N) is 1. The average Bonchev–Trinajstić information content (AvgIpc) is 3.68. The second-order valence-corrected chi connectivity index (χ2v) is 11.8. The Morgan fingerprint density at radius 3 is 2.62 bits per heavy atom. The van der Waals surface area contributed by atoms with Crippen LogP contribution in [0.4, 0.5) is 5.69 Å². The first-order chi connectivity index (χ1) is 20.6. The first-order valence-corrected chi connectivity index (χ1v) is 15.9. The van der Waals surface area contributed by atoms with Crippen LogP contribution in [-0.4, -0.2) is 61.9 Å². The highest BCUT2D eigenvalue weighted by molar-refractivity contribution is 7.21. The first kappa shape index (κ1) is 30.3. The fraction of sp³-hybridized carbons (Fsp3) is 0.375. The molecular formula is C32H36N2O6S2. The Kier molecular flexibility index (Phi) is 10.7. The lowest BCUT2D eigenvalue weighted by atomic mass is 9.82. The number of aromatic nitrogens is 1. The van der Waals surface area contributed by atoms with Gasteiger partial charge in [-0.25, -0.2) is 4.98 Å². The smallest absolute Gasteiger partial charge is 0.290 e. The number of aliphatic hydroxyl groups excluding tert-OH is 1. The number of amides is 1. The van der Waals surface area contributed by atoms with Crippen molar-refractivity contribution in [2.45, 2.75) is 32.5 Å². The number of thiophene rings is 1. The lowest BCUT2D eigenvalue weighted by Gasteiger charge is -2.36. The van der Waals surface area contributed by atoms with E-state index in [1.807, 2.05) is 48.7 Å². The molecule has 8 nitrogen and oxygen atoms in total. The molecule has 1 amide bonds. The molecule has 2 aromatic heterocycles. The van der Waals surface area contributed by atoms with E-state index in [0.717, 1.165) is 26.4 Å². The lowest BCUT2D eigenvalue weighted by molar-refractivity contribution is -0.166. The Balaban J connectivity index is 1.27. The van der Waals surface area contributed by atoms with Crippen molar-refractivity contribution in [3.05, 3.63) is 82.3 Å². The van der Waals surface area contributed by atoms with Crippen LogP contribution in [0.1, 0.15) is 30.4 Å². The van der Waals surface area contributed by atoms with E-state index in [2.05, 4.69) is 35.8 Å².